The van der Waals surface area contributed by atoms with Gasteiger partial charge in [-0.3, -0.25) is 9.59 Å². The second-order valence-electron chi connectivity index (χ2n) is 4.11. The summed E-state index contributed by atoms with van der Waals surface area (Å²) < 4.78 is 0. The second-order valence-corrected chi connectivity index (χ2v) is 4.11. The summed E-state index contributed by atoms with van der Waals surface area (Å²) in [6.07, 6.45) is 0.285. The van der Waals surface area contributed by atoms with E-state index in [1.807, 2.05) is 44.2 Å². The van der Waals surface area contributed by atoms with Gasteiger partial charge in [-0.05, 0) is 12.1 Å². The first-order valence-electron chi connectivity index (χ1n) is 5.72. The lowest BCUT2D eigenvalue weighted by Crippen LogP contribution is -2.30. The zero-order valence-corrected chi connectivity index (χ0v) is 10.2. The Morgan fingerprint density at radius 3 is 2.41 bits per heavy atom. The van der Waals surface area contributed by atoms with Gasteiger partial charge in [-0.1, -0.05) is 32.0 Å². The number of hydrogen-bond acceptors (Lipinski definition) is 2. The largest absolute Gasteiger partial charge is 0.355 e. The molecule has 0 aliphatic heterocycles. The van der Waals surface area contributed by atoms with Gasteiger partial charge >= 0.3 is 0 Å². The maximum atomic E-state index is 11.5. The third-order valence-corrected chi connectivity index (χ3v) is 2.23. The lowest BCUT2D eigenvalue weighted by molar-refractivity contribution is -0.124. The van der Waals surface area contributed by atoms with Gasteiger partial charge < -0.3 is 10.6 Å². The lowest BCUT2D eigenvalue weighted by Gasteiger charge is -2.08. The van der Waals surface area contributed by atoms with Crippen molar-refractivity contribution in [3.8, 4) is 0 Å². The second kappa shape index (κ2) is 6.68. The number of benzene rings is 1. The van der Waals surface area contributed by atoms with Gasteiger partial charge in [0.05, 0.1) is 0 Å². The van der Waals surface area contributed by atoms with Crippen molar-refractivity contribution < 1.29 is 9.59 Å². The van der Waals surface area contributed by atoms with Crippen LogP contribution in [0, 0.1) is 5.92 Å². The minimum Gasteiger partial charge on any atom is -0.355 e. The third-order valence-electron chi connectivity index (χ3n) is 2.23. The fourth-order valence-electron chi connectivity index (χ4n) is 1.25. The van der Waals surface area contributed by atoms with Crippen LogP contribution in [0.1, 0.15) is 20.3 Å². The molecule has 0 aliphatic carbocycles. The molecule has 0 fully saturated rings. The van der Waals surface area contributed by atoms with Gasteiger partial charge in [0.25, 0.3) is 0 Å². The average Bonchev–Trinajstić information content (AvgIpc) is 2.30. The van der Waals surface area contributed by atoms with E-state index in [9.17, 15) is 9.59 Å². The highest BCUT2D eigenvalue weighted by atomic mass is 16.2. The first kappa shape index (κ1) is 13.2. The zero-order valence-electron chi connectivity index (χ0n) is 10.2. The molecule has 1 aromatic carbocycles. The normalized spacial score (nSPS) is 10.1. The predicted molar refractivity (Wildman–Crippen MR) is 67.5 cm³/mol. The maximum Gasteiger partial charge on any atom is 0.226 e. The highest BCUT2D eigenvalue weighted by Crippen LogP contribution is 2.04. The Morgan fingerprint density at radius 2 is 1.82 bits per heavy atom. The number of amides is 2. The molecule has 17 heavy (non-hydrogen) atoms. The van der Waals surface area contributed by atoms with E-state index in [0.717, 1.165) is 5.69 Å². The molecule has 0 unspecified atom stereocenters. The molecule has 0 saturated carbocycles. The number of hydrogen-bond donors (Lipinski definition) is 2. The first-order chi connectivity index (χ1) is 8.09. The van der Waals surface area contributed by atoms with Gasteiger partial charge in [0.1, 0.15) is 0 Å². The van der Waals surface area contributed by atoms with Crippen molar-refractivity contribution in [1.29, 1.82) is 0 Å². The maximum absolute atomic E-state index is 11.5. The highest BCUT2D eigenvalue weighted by Gasteiger charge is 2.07. The van der Waals surface area contributed by atoms with Crippen molar-refractivity contribution in [3.05, 3.63) is 30.3 Å². The monoisotopic (exact) mass is 234 g/mol. The molecule has 2 N–H and O–H groups in total. The van der Waals surface area contributed by atoms with Crippen LogP contribution in [0.4, 0.5) is 5.69 Å². The fourth-order valence-corrected chi connectivity index (χ4v) is 1.25. The van der Waals surface area contributed by atoms with Crippen molar-refractivity contribution >= 4 is 17.5 Å². The van der Waals surface area contributed by atoms with E-state index in [4.69, 9.17) is 0 Å². The van der Waals surface area contributed by atoms with Crippen molar-refractivity contribution in [2.75, 3.05) is 11.9 Å². The smallest absolute Gasteiger partial charge is 0.226 e. The molecule has 0 spiro atoms. The molecule has 92 valence electrons. The topological polar surface area (TPSA) is 58.2 Å². The number of anilines is 1. The summed E-state index contributed by atoms with van der Waals surface area (Å²) in [5, 5.41) is 5.45. The predicted octanol–water partition coefficient (Wildman–Crippen LogP) is 1.79. The number of rotatable bonds is 5. The fraction of sp³-hybridized carbons (Fsp3) is 0.385. The number of carbonyl (C=O) groups is 2. The zero-order chi connectivity index (χ0) is 12.7. The van der Waals surface area contributed by atoms with E-state index in [1.54, 1.807) is 0 Å². The molecule has 4 nitrogen and oxygen atoms in total. The summed E-state index contributed by atoms with van der Waals surface area (Å²) >= 11 is 0. The van der Waals surface area contributed by atoms with Crippen LogP contribution < -0.4 is 10.6 Å². The summed E-state index contributed by atoms with van der Waals surface area (Å²) in [6.45, 7) is 4.01. The Labute approximate surface area is 101 Å². The molecule has 0 bridgehead atoms. The molecule has 0 aliphatic rings. The molecule has 0 radical (unpaired) electrons. The molecule has 1 rings (SSSR count). The van der Waals surface area contributed by atoms with Crippen molar-refractivity contribution in [1.82, 2.24) is 5.32 Å². The van der Waals surface area contributed by atoms with Crippen molar-refractivity contribution in [3.63, 3.8) is 0 Å². The molecule has 4 heteroatoms. The lowest BCUT2D eigenvalue weighted by atomic mass is 10.2. The van der Waals surface area contributed by atoms with E-state index in [2.05, 4.69) is 10.6 Å². The average molecular weight is 234 g/mol. The van der Waals surface area contributed by atoms with E-state index in [-0.39, 0.29) is 24.2 Å². The molecular formula is C13H18N2O2. The van der Waals surface area contributed by atoms with E-state index >= 15 is 0 Å². The number of carbonyl (C=O) groups excluding carboxylic acids is 2. The van der Waals surface area contributed by atoms with Crippen LogP contribution in [0.3, 0.4) is 0 Å². The van der Waals surface area contributed by atoms with Crippen LogP contribution in [0.25, 0.3) is 0 Å². The molecule has 0 saturated heterocycles. The molecule has 2 amide bonds. The standard InChI is InChI=1S/C13H18N2O2/c1-10(2)13(17)14-9-8-12(16)15-11-6-4-3-5-7-11/h3-7,10H,8-9H2,1-2H3,(H,14,17)(H,15,16). The van der Waals surface area contributed by atoms with Gasteiger partial charge in [0.2, 0.25) is 11.8 Å². The summed E-state index contributed by atoms with van der Waals surface area (Å²) in [4.78, 5) is 22.7. The molecule has 0 heterocycles. The van der Waals surface area contributed by atoms with Crippen LogP contribution in [-0.2, 0) is 9.59 Å². The Morgan fingerprint density at radius 1 is 1.18 bits per heavy atom. The molecule has 0 aromatic heterocycles. The van der Waals surface area contributed by atoms with Crippen LogP contribution in [0.15, 0.2) is 30.3 Å². The summed E-state index contributed by atoms with van der Waals surface area (Å²) in [5.41, 5.74) is 0.771. The minimum atomic E-state index is -0.0970. The van der Waals surface area contributed by atoms with Gasteiger partial charge in [0, 0.05) is 24.6 Å². The quantitative estimate of drug-likeness (QED) is 0.816. The number of nitrogens with one attached hydrogen (secondary N) is 2. The Balaban J connectivity index is 2.25. The van der Waals surface area contributed by atoms with Crippen LogP contribution in [0.5, 0.6) is 0 Å². The van der Waals surface area contributed by atoms with Crippen molar-refractivity contribution in [2.24, 2.45) is 5.92 Å². The first-order valence-corrected chi connectivity index (χ1v) is 5.72. The summed E-state index contributed by atoms with van der Waals surface area (Å²) in [7, 11) is 0. The van der Waals surface area contributed by atoms with Gasteiger partial charge in [-0.15, -0.1) is 0 Å². The summed E-state index contributed by atoms with van der Waals surface area (Å²) in [6, 6.07) is 9.25. The summed E-state index contributed by atoms with van der Waals surface area (Å²) in [5.74, 6) is -0.176. The molecular weight excluding hydrogens is 216 g/mol. The Hall–Kier alpha value is -1.84. The molecule has 1 aromatic rings. The highest BCUT2D eigenvalue weighted by molar-refractivity contribution is 5.91. The van der Waals surface area contributed by atoms with Crippen molar-refractivity contribution in [2.45, 2.75) is 20.3 Å². The SMILES string of the molecule is CC(C)C(=O)NCCC(=O)Nc1ccccc1. The van der Waals surface area contributed by atoms with Crippen LogP contribution >= 0.6 is 0 Å². The van der Waals surface area contributed by atoms with E-state index < -0.39 is 0 Å². The Kier molecular flexibility index (Phi) is 5.20. The van der Waals surface area contributed by atoms with E-state index in [0.29, 0.717) is 6.54 Å². The number of para-hydroxylation sites is 1. The van der Waals surface area contributed by atoms with Gasteiger partial charge in [0.15, 0.2) is 0 Å². The Bertz CT molecular complexity index is 374. The van der Waals surface area contributed by atoms with Gasteiger partial charge in [-0.2, -0.15) is 0 Å². The minimum absolute atomic E-state index is 0.0301. The van der Waals surface area contributed by atoms with E-state index in [1.165, 1.54) is 0 Å². The third kappa shape index (κ3) is 5.15. The molecule has 0 atom stereocenters. The van der Waals surface area contributed by atoms with Crippen LogP contribution in [0.2, 0.25) is 0 Å². The van der Waals surface area contributed by atoms with Crippen LogP contribution in [-0.4, -0.2) is 18.4 Å². The van der Waals surface area contributed by atoms with Gasteiger partial charge in [-0.25, -0.2) is 0 Å².